The molecule has 0 N–H and O–H groups in total. The van der Waals surface area contributed by atoms with Crippen LogP contribution in [0, 0.1) is 17.2 Å². The molecule has 222 valence electrons. The zero-order valence-electron chi connectivity index (χ0n) is 25.6. The van der Waals surface area contributed by atoms with Gasteiger partial charge in [-0.15, -0.1) is 0 Å². The molecule has 0 radical (unpaired) electrons. The standard InChI is InChI=1S/C35H65NO2/c1-2-3-4-5-6-11-17-24-32(31-36)25-18-16-23-30-35-37-33-26-19-12-7-8-13-20-27-34(38-35)29-22-15-10-9-14-21-28-33/h32-35H,2-30H2,1H3. The van der Waals surface area contributed by atoms with Gasteiger partial charge >= 0.3 is 0 Å². The van der Waals surface area contributed by atoms with Crippen LogP contribution in [0.2, 0.25) is 0 Å². The zero-order chi connectivity index (χ0) is 26.9. The molecule has 1 atom stereocenters. The fourth-order valence-corrected chi connectivity index (χ4v) is 6.56. The Labute approximate surface area is 238 Å². The largest absolute Gasteiger partial charge is 0.349 e. The molecule has 38 heavy (non-hydrogen) atoms. The Balaban J connectivity index is 1.77. The van der Waals surface area contributed by atoms with Crippen LogP contribution >= 0.6 is 0 Å². The van der Waals surface area contributed by atoms with E-state index in [0.717, 1.165) is 19.3 Å². The Kier molecular flexibility index (Phi) is 21.4. The average molecular weight is 532 g/mol. The number of ether oxygens (including phenoxy) is 2. The Morgan fingerprint density at radius 1 is 0.553 bits per heavy atom. The fourth-order valence-electron chi connectivity index (χ4n) is 6.56. The van der Waals surface area contributed by atoms with Gasteiger partial charge in [0.2, 0.25) is 0 Å². The van der Waals surface area contributed by atoms with Crippen molar-refractivity contribution in [3.63, 3.8) is 0 Å². The normalized spacial score (nSPS) is 25.6. The quantitative estimate of drug-likeness (QED) is 0.209. The lowest BCUT2D eigenvalue weighted by Gasteiger charge is -2.29. The van der Waals surface area contributed by atoms with Gasteiger partial charge in [-0.3, -0.25) is 0 Å². The van der Waals surface area contributed by atoms with Crippen molar-refractivity contribution >= 4 is 0 Å². The molecule has 3 nitrogen and oxygen atoms in total. The summed E-state index contributed by atoms with van der Waals surface area (Å²) in [5.74, 6) is 0.256. The van der Waals surface area contributed by atoms with Crippen molar-refractivity contribution in [1.29, 1.82) is 5.26 Å². The van der Waals surface area contributed by atoms with Gasteiger partial charge in [-0.2, -0.15) is 5.26 Å². The summed E-state index contributed by atoms with van der Waals surface area (Å²) in [4.78, 5) is 0. The monoisotopic (exact) mass is 532 g/mol. The van der Waals surface area contributed by atoms with Crippen LogP contribution in [0.15, 0.2) is 0 Å². The number of nitrogens with zero attached hydrogens (tertiary/aromatic N) is 1. The van der Waals surface area contributed by atoms with Gasteiger partial charge in [-0.1, -0.05) is 142 Å². The van der Waals surface area contributed by atoms with E-state index in [2.05, 4.69) is 13.0 Å². The van der Waals surface area contributed by atoms with E-state index in [1.165, 1.54) is 167 Å². The summed E-state index contributed by atoms with van der Waals surface area (Å²) in [6.07, 6.45) is 38.0. The number of fused-ring (bicyclic) bond motifs is 4. The van der Waals surface area contributed by atoms with Crippen molar-refractivity contribution in [3.8, 4) is 6.07 Å². The number of rotatable bonds is 14. The predicted octanol–water partition coefficient (Wildman–Crippen LogP) is 11.6. The minimum atomic E-state index is -0.0222. The second-order valence-electron chi connectivity index (χ2n) is 12.7. The third-order valence-electron chi connectivity index (χ3n) is 9.12. The third-order valence-corrected chi connectivity index (χ3v) is 9.12. The van der Waals surface area contributed by atoms with E-state index in [1.807, 2.05) is 0 Å². The van der Waals surface area contributed by atoms with Crippen LogP contribution in [0.1, 0.15) is 193 Å². The Morgan fingerprint density at radius 3 is 1.39 bits per heavy atom. The fraction of sp³-hybridized carbons (Fsp3) is 0.971. The average Bonchev–Trinajstić information content (AvgIpc) is 2.95. The Hall–Kier alpha value is -0.590. The van der Waals surface area contributed by atoms with Crippen LogP contribution in [0.3, 0.4) is 0 Å². The summed E-state index contributed by atoms with van der Waals surface area (Å²) in [6, 6.07) is 2.60. The van der Waals surface area contributed by atoms with E-state index in [9.17, 15) is 5.26 Å². The molecular formula is C35H65NO2. The minimum absolute atomic E-state index is 0.0222. The third kappa shape index (κ3) is 17.9. The molecule has 2 saturated heterocycles. The van der Waals surface area contributed by atoms with Gasteiger partial charge < -0.3 is 9.47 Å². The molecule has 0 aliphatic carbocycles. The van der Waals surface area contributed by atoms with Gasteiger partial charge in [0.15, 0.2) is 6.29 Å². The summed E-state index contributed by atoms with van der Waals surface area (Å²) in [7, 11) is 0. The van der Waals surface area contributed by atoms with Crippen LogP contribution in [0.25, 0.3) is 0 Å². The van der Waals surface area contributed by atoms with Crippen molar-refractivity contribution in [2.75, 3.05) is 0 Å². The second kappa shape index (κ2) is 24.2. The van der Waals surface area contributed by atoms with E-state index in [0.29, 0.717) is 12.2 Å². The highest BCUT2D eigenvalue weighted by Gasteiger charge is 2.22. The lowest BCUT2D eigenvalue weighted by molar-refractivity contribution is -0.203. The first kappa shape index (κ1) is 33.6. The van der Waals surface area contributed by atoms with Crippen LogP contribution in [-0.4, -0.2) is 18.5 Å². The molecule has 1 unspecified atom stereocenters. The predicted molar refractivity (Wildman–Crippen MR) is 162 cm³/mol. The van der Waals surface area contributed by atoms with Crippen LogP contribution in [-0.2, 0) is 9.47 Å². The molecule has 3 heteroatoms. The number of hydrogen-bond acceptors (Lipinski definition) is 3. The highest BCUT2D eigenvalue weighted by Crippen LogP contribution is 2.26. The van der Waals surface area contributed by atoms with Crippen molar-refractivity contribution in [2.24, 2.45) is 5.92 Å². The second-order valence-corrected chi connectivity index (χ2v) is 12.7. The highest BCUT2D eigenvalue weighted by molar-refractivity contribution is 4.82. The van der Waals surface area contributed by atoms with Gasteiger partial charge in [0.1, 0.15) is 0 Å². The minimum Gasteiger partial charge on any atom is -0.349 e. The lowest BCUT2D eigenvalue weighted by Crippen LogP contribution is -2.29. The van der Waals surface area contributed by atoms with Crippen molar-refractivity contribution in [1.82, 2.24) is 0 Å². The highest BCUT2D eigenvalue weighted by atomic mass is 16.7. The SMILES string of the molecule is CCCCCCCCCC(C#N)CCCCCC1OC2CCCCCCCCC(CCCCCCCC2)O1. The zero-order valence-corrected chi connectivity index (χ0v) is 25.6. The summed E-state index contributed by atoms with van der Waals surface area (Å²) in [6.45, 7) is 2.28. The van der Waals surface area contributed by atoms with Crippen LogP contribution < -0.4 is 0 Å². The molecule has 0 aromatic carbocycles. The van der Waals surface area contributed by atoms with Gasteiger partial charge in [-0.05, 0) is 51.4 Å². The van der Waals surface area contributed by atoms with Gasteiger partial charge in [0.25, 0.3) is 0 Å². The molecule has 0 spiro atoms. The molecule has 0 aromatic rings. The maximum Gasteiger partial charge on any atom is 0.158 e. The van der Waals surface area contributed by atoms with E-state index in [-0.39, 0.29) is 12.2 Å². The summed E-state index contributed by atoms with van der Waals surface area (Å²) >= 11 is 0. The maximum atomic E-state index is 9.64. The van der Waals surface area contributed by atoms with E-state index < -0.39 is 0 Å². The molecule has 0 saturated carbocycles. The van der Waals surface area contributed by atoms with Gasteiger partial charge in [0.05, 0.1) is 18.3 Å². The number of unbranched alkanes of at least 4 members (excludes halogenated alkanes) is 8. The number of hydrogen-bond donors (Lipinski definition) is 0. The maximum absolute atomic E-state index is 9.64. The van der Waals surface area contributed by atoms with Gasteiger partial charge in [0, 0.05) is 5.92 Å². The molecular weight excluding hydrogens is 466 g/mol. The molecule has 0 amide bonds. The van der Waals surface area contributed by atoms with Gasteiger partial charge in [-0.25, -0.2) is 0 Å². The first-order valence-electron chi connectivity index (χ1n) is 17.5. The van der Waals surface area contributed by atoms with Crippen molar-refractivity contribution in [3.05, 3.63) is 0 Å². The first-order chi connectivity index (χ1) is 18.8. The topological polar surface area (TPSA) is 42.2 Å². The Morgan fingerprint density at radius 2 is 0.947 bits per heavy atom. The van der Waals surface area contributed by atoms with E-state index in [1.54, 1.807) is 0 Å². The Bertz CT molecular complexity index is 513. The first-order valence-corrected chi connectivity index (χ1v) is 17.5. The molecule has 0 aromatic heterocycles. The van der Waals surface area contributed by atoms with Crippen molar-refractivity contribution < 1.29 is 9.47 Å². The molecule has 2 bridgehead atoms. The van der Waals surface area contributed by atoms with E-state index >= 15 is 0 Å². The molecule has 2 rings (SSSR count). The van der Waals surface area contributed by atoms with Crippen LogP contribution in [0.5, 0.6) is 0 Å². The molecule has 2 heterocycles. The molecule has 2 aliphatic rings. The number of nitriles is 1. The van der Waals surface area contributed by atoms with Crippen molar-refractivity contribution in [2.45, 2.75) is 212 Å². The summed E-state index contributed by atoms with van der Waals surface area (Å²) < 4.78 is 13.6. The molecule has 2 fully saturated rings. The molecule has 2 aliphatic heterocycles. The summed E-state index contributed by atoms with van der Waals surface area (Å²) in [5, 5.41) is 9.64. The smallest absolute Gasteiger partial charge is 0.158 e. The van der Waals surface area contributed by atoms with E-state index in [4.69, 9.17) is 9.47 Å². The lowest BCUT2D eigenvalue weighted by atomic mass is 9.95. The van der Waals surface area contributed by atoms with Crippen LogP contribution in [0.4, 0.5) is 0 Å². The summed E-state index contributed by atoms with van der Waals surface area (Å²) in [5.41, 5.74) is 0.